The van der Waals surface area contributed by atoms with Crippen LogP contribution in [0.5, 0.6) is 5.75 Å². The van der Waals surface area contributed by atoms with Gasteiger partial charge in [-0.15, -0.1) is 0 Å². The predicted octanol–water partition coefficient (Wildman–Crippen LogP) is 3.75. The second-order valence-electron chi connectivity index (χ2n) is 4.29. The van der Waals surface area contributed by atoms with Crippen LogP contribution in [0.2, 0.25) is 0 Å². The van der Waals surface area contributed by atoms with Crippen molar-refractivity contribution >= 4 is 0 Å². The number of pyridine rings is 1. The Hall–Kier alpha value is -2.55. The summed E-state index contributed by atoms with van der Waals surface area (Å²) in [7, 11) is 1.67. The van der Waals surface area contributed by atoms with E-state index < -0.39 is 0 Å². The van der Waals surface area contributed by atoms with E-state index in [1.54, 1.807) is 7.11 Å². The molecule has 0 bridgehead atoms. The van der Waals surface area contributed by atoms with E-state index in [2.05, 4.69) is 16.0 Å². The number of aromatic nitrogens is 2. The van der Waals surface area contributed by atoms with Gasteiger partial charge in [0.05, 0.1) is 7.11 Å². The zero-order valence-corrected chi connectivity index (χ0v) is 10.6. The van der Waals surface area contributed by atoms with E-state index in [0.29, 0.717) is 0 Å². The van der Waals surface area contributed by atoms with Crippen molar-refractivity contribution in [3.05, 3.63) is 61.2 Å². The third kappa shape index (κ3) is 2.36. The van der Waals surface area contributed by atoms with Gasteiger partial charge in [-0.3, -0.25) is 4.98 Å². The summed E-state index contributed by atoms with van der Waals surface area (Å²) in [4.78, 5) is 7.37. The number of hydrogen-bond donors (Lipinski definition) is 1. The first-order valence-corrected chi connectivity index (χ1v) is 6.09. The molecule has 94 valence electrons. The van der Waals surface area contributed by atoms with Crippen LogP contribution in [0.3, 0.4) is 0 Å². The van der Waals surface area contributed by atoms with Gasteiger partial charge in [0.25, 0.3) is 0 Å². The van der Waals surface area contributed by atoms with Crippen LogP contribution in [0.4, 0.5) is 0 Å². The highest BCUT2D eigenvalue weighted by atomic mass is 16.5. The maximum absolute atomic E-state index is 5.17. The number of nitrogens with zero attached hydrogens (tertiary/aromatic N) is 1. The van der Waals surface area contributed by atoms with E-state index in [9.17, 15) is 0 Å². The van der Waals surface area contributed by atoms with E-state index in [-0.39, 0.29) is 0 Å². The van der Waals surface area contributed by atoms with E-state index in [4.69, 9.17) is 4.74 Å². The summed E-state index contributed by atoms with van der Waals surface area (Å²) in [6, 6.07) is 12.2. The molecule has 0 saturated heterocycles. The second kappa shape index (κ2) is 4.98. The largest absolute Gasteiger partial charge is 0.497 e. The molecule has 1 N–H and O–H groups in total. The Balaban J connectivity index is 1.98. The van der Waals surface area contributed by atoms with Crippen molar-refractivity contribution in [3.8, 4) is 28.0 Å². The predicted molar refractivity (Wildman–Crippen MR) is 76.0 cm³/mol. The monoisotopic (exact) mass is 250 g/mol. The van der Waals surface area contributed by atoms with Crippen LogP contribution in [-0.4, -0.2) is 17.1 Å². The lowest BCUT2D eigenvalue weighted by Gasteiger charge is -2.05. The minimum atomic E-state index is 0.860. The molecule has 2 heterocycles. The van der Waals surface area contributed by atoms with Crippen LogP contribution in [0.1, 0.15) is 0 Å². The molecule has 0 aliphatic heterocycles. The summed E-state index contributed by atoms with van der Waals surface area (Å²) in [5.74, 6) is 0.860. The molecule has 19 heavy (non-hydrogen) atoms. The number of ether oxygens (including phenoxy) is 1. The maximum Gasteiger partial charge on any atom is 0.118 e. The van der Waals surface area contributed by atoms with Crippen LogP contribution in [-0.2, 0) is 0 Å². The standard InChI is InChI=1S/C16H14N2O/c1-19-16-4-2-12(3-5-16)14-8-15(11-18-10-14)13-6-7-17-9-13/h2-11,17H,1H3. The maximum atomic E-state index is 5.17. The minimum absolute atomic E-state index is 0.860. The summed E-state index contributed by atoms with van der Waals surface area (Å²) in [5.41, 5.74) is 4.48. The van der Waals surface area contributed by atoms with Crippen molar-refractivity contribution in [1.29, 1.82) is 0 Å². The molecule has 0 radical (unpaired) electrons. The van der Waals surface area contributed by atoms with Gasteiger partial charge in [-0.1, -0.05) is 12.1 Å². The molecule has 3 heteroatoms. The van der Waals surface area contributed by atoms with Gasteiger partial charge in [-0.2, -0.15) is 0 Å². The molecule has 0 saturated carbocycles. The van der Waals surface area contributed by atoms with Gasteiger partial charge < -0.3 is 9.72 Å². The zero-order chi connectivity index (χ0) is 13.1. The van der Waals surface area contributed by atoms with Gasteiger partial charge in [0.2, 0.25) is 0 Å². The normalized spacial score (nSPS) is 10.4. The van der Waals surface area contributed by atoms with Crippen molar-refractivity contribution in [2.75, 3.05) is 7.11 Å². The number of rotatable bonds is 3. The lowest BCUT2D eigenvalue weighted by Crippen LogP contribution is -1.85. The average molecular weight is 250 g/mol. The van der Waals surface area contributed by atoms with E-state index >= 15 is 0 Å². The summed E-state index contributed by atoms with van der Waals surface area (Å²) >= 11 is 0. The molecule has 0 spiro atoms. The number of H-pyrrole nitrogens is 1. The summed E-state index contributed by atoms with van der Waals surface area (Å²) in [5, 5.41) is 0. The number of aromatic amines is 1. The molecule has 3 aromatic rings. The molecule has 0 fully saturated rings. The smallest absolute Gasteiger partial charge is 0.118 e. The molecule has 1 aromatic carbocycles. The van der Waals surface area contributed by atoms with Crippen LogP contribution in [0.25, 0.3) is 22.3 Å². The van der Waals surface area contributed by atoms with E-state index in [1.807, 2.05) is 55.1 Å². The lowest BCUT2D eigenvalue weighted by atomic mass is 10.0. The fraction of sp³-hybridized carbons (Fsp3) is 0.0625. The van der Waals surface area contributed by atoms with Crippen LogP contribution < -0.4 is 4.74 Å². The van der Waals surface area contributed by atoms with E-state index in [1.165, 1.54) is 0 Å². The summed E-state index contributed by atoms with van der Waals surface area (Å²) in [6.45, 7) is 0. The molecule has 0 aliphatic carbocycles. The Morgan fingerprint density at radius 3 is 2.26 bits per heavy atom. The van der Waals surface area contributed by atoms with Crippen molar-refractivity contribution in [3.63, 3.8) is 0 Å². The minimum Gasteiger partial charge on any atom is -0.497 e. The zero-order valence-electron chi connectivity index (χ0n) is 10.6. The van der Waals surface area contributed by atoms with Gasteiger partial charge in [-0.25, -0.2) is 0 Å². The van der Waals surface area contributed by atoms with E-state index in [0.717, 1.165) is 28.0 Å². The first kappa shape index (κ1) is 11.5. The molecular formula is C16H14N2O. The third-order valence-corrected chi connectivity index (χ3v) is 3.09. The lowest BCUT2D eigenvalue weighted by molar-refractivity contribution is 0.415. The third-order valence-electron chi connectivity index (χ3n) is 3.09. The van der Waals surface area contributed by atoms with Crippen molar-refractivity contribution in [1.82, 2.24) is 9.97 Å². The fourth-order valence-corrected chi connectivity index (χ4v) is 2.04. The quantitative estimate of drug-likeness (QED) is 0.768. The van der Waals surface area contributed by atoms with Crippen LogP contribution in [0, 0.1) is 0 Å². The molecule has 0 aliphatic rings. The first-order valence-electron chi connectivity index (χ1n) is 6.09. The SMILES string of the molecule is COc1ccc(-c2cncc(-c3cc[nH]c3)c2)cc1. The van der Waals surface area contributed by atoms with Gasteiger partial charge in [-0.05, 0) is 29.8 Å². The van der Waals surface area contributed by atoms with Crippen LogP contribution >= 0.6 is 0 Å². The van der Waals surface area contributed by atoms with Gasteiger partial charge in [0, 0.05) is 41.5 Å². The number of hydrogen-bond acceptors (Lipinski definition) is 2. The highest BCUT2D eigenvalue weighted by Crippen LogP contribution is 2.26. The Kier molecular flexibility index (Phi) is 3.02. The molecule has 0 amide bonds. The molecule has 0 atom stereocenters. The van der Waals surface area contributed by atoms with Gasteiger partial charge in [0.1, 0.15) is 5.75 Å². The van der Waals surface area contributed by atoms with Crippen LogP contribution in [0.15, 0.2) is 61.2 Å². The fourth-order valence-electron chi connectivity index (χ4n) is 2.04. The Labute approximate surface area is 111 Å². The Morgan fingerprint density at radius 1 is 0.895 bits per heavy atom. The van der Waals surface area contributed by atoms with Gasteiger partial charge in [0.15, 0.2) is 0 Å². The molecular weight excluding hydrogens is 236 g/mol. The highest BCUT2D eigenvalue weighted by molar-refractivity contribution is 5.71. The highest BCUT2D eigenvalue weighted by Gasteiger charge is 2.03. The van der Waals surface area contributed by atoms with Gasteiger partial charge >= 0.3 is 0 Å². The molecule has 3 rings (SSSR count). The molecule has 3 nitrogen and oxygen atoms in total. The number of nitrogens with one attached hydrogen (secondary N) is 1. The van der Waals surface area contributed by atoms with Crippen molar-refractivity contribution < 1.29 is 4.74 Å². The number of methoxy groups -OCH3 is 1. The summed E-state index contributed by atoms with van der Waals surface area (Å²) < 4.78 is 5.17. The topological polar surface area (TPSA) is 37.9 Å². The first-order chi connectivity index (χ1) is 9.36. The summed E-state index contributed by atoms with van der Waals surface area (Å²) in [6.07, 6.45) is 7.62. The average Bonchev–Trinajstić information content (AvgIpc) is 3.02. The molecule has 2 aromatic heterocycles. The van der Waals surface area contributed by atoms with Crippen molar-refractivity contribution in [2.45, 2.75) is 0 Å². The molecule has 0 unspecified atom stereocenters. The Morgan fingerprint density at radius 2 is 1.63 bits per heavy atom. The Bertz CT molecular complexity index is 657. The van der Waals surface area contributed by atoms with Crippen molar-refractivity contribution in [2.24, 2.45) is 0 Å². The number of benzene rings is 1. The second-order valence-corrected chi connectivity index (χ2v) is 4.29.